The van der Waals surface area contributed by atoms with Crippen molar-refractivity contribution in [1.82, 2.24) is 4.90 Å². The number of hydrogen-bond donors (Lipinski definition) is 0. The number of ether oxygens (including phenoxy) is 1. The molecule has 1 saturated heterocycles. The van der Waals surface area contributed by atoms with E-state index in [1.807, 2.05) is 0 Å². The van der Waals surface area contributed by atoms with Gasteiger partial charge in [0.15, 0.2) is 0 Å². The van der Waals surface area contributed by atoms with E-state index in [0.717, 1.165) is 12.8 Å². The summed E-state index contributed by atoms with van der Waals surface area (Å²) in [5.74, 6) is -13.6. The first-order chi connectivity index (χ1) is 10.2. The minimum absolute atomic E-state index is 0.583. The third-order valence-electron chi connectivity index (χ3n) is 3.76. The average molecular weight is 323 g/mol. The molecule has 2 rings (SSSR count). The zero-order valence-electron chi connectivity index (χ0n) is 12.0. The first-order valence-electron chi connectivity index (χ1n) is 6.66. The summed E-state index contributed by atoms with van der Waals surface area (Å²) in [7, 11) is 0. The van der Waals surface area contributed by atoms with Crippen molar-refractivity contribution in [1.29, 1.82) is 0 Å². The zero-order valence-corrected chi connectivity index (χ0v) is 12.0. The number of carbonyl (C=O) groups excluding carboxylic acids is 1. The molecule has 1 aromatic carbocycles. The lowest BCUT2D eigenvalue weighted by Gasteiger charge is -2.32. The lowest BCUT2D eigenvalue weighted by Crippen LogP contribution is -2.50. The van der Waals surface area contributed by atoms with Gasteiger partial charge in [-0.15, -0.1) is 0 Å². The fourth-order valence-electron chi connectivity index (χ4n) is 2.30. The number of rotatable bonds is 3. The molecule has 0 radical (unpaired) electrons. The third kappa shape index (κ3) is 2.67. The van der Waals surface area contributed by atoms with Crippen LogP contribution >= 0.6 is 0 Å². The Balaban J connectivity index is 2.33. The van der Waals surface area contributed by atoms with Crippen molar-refractivity contribution in [3.05, 3.63) is 29.1 Å². The smallest absolute Gasteiger partial charge is 0.331 e. The molecule has 1 aliphatic rings. The first kappa shape index (κ1) is 16.7. The van der Waals surface area contributed by atoms with Gasteiger partial charge in [0.25, 0.3) is 0 Å². The van der Waals surface area contributed by atoms with E-state index in [1.165, 1.54) is 13.8 Å². The number of esters is 1. The first-order valence-corrected chi connectivity index (χ1v) is 6.66. The molecule has 0 aliphatic carbocycles. The fraction of sp³-hybridized carbons (Fsp3) is 0.500. The van der Waals surface area contributed by atoms with Crippen molar-refractivity contribution in [2.75, 3.05) is 13.1 Å². The Hall–Kier alpha value is -1.70. The van der Waals surface area contributed by atoms with Crippen LogP contribution in [0.1, 0.15) is 26.7 Å². The number of halogens is 5. The van der Waals surface area contributed by atoms with Crippen LogP contribution in [0.4, 0.5) is 22.0 Å². The summed E-state index contributed by atoms with van der Waals surface area (Å²) in [5.41, 5.74) is -1.24. The maximum Gasteiger partial charge on any atom is 0.331 e. The molecule has 0 bridgehead atoms. The Morgan fingerprint density at radius 3 is 1.77 bits per heavy atom. The van der Waals surface area contributed by atoms with E-state index < -0.39 is 46.3 Å². The Kier molecular flexibility index (Phi) is 4.42. The van der Waals surface area contributed by atoms with Gasteiger partial charge < -0.3 is 4.74 Å². The van der Waals surface area contributed by atoms with Crippen LogP contribution in [0.5, 0.6) is 5.75 Å². The highest BCUT2D eigenvalue weighted by molar-refractivity contribution is 5.82. The zero-order chi connectivity index (χ0) is 16.7. The van der Waals surface area contributed by atoms with Crippen molar-refractivity contribution in [2.24, 2.45) is 0 Å². The molecule has 3 nitrogen and oxygen atoms in total. The summed E-state index contributed by atoms with van der Waals surface area (Å²) in [6.07, 6.45) is 1.69. The molecule has 122 valence electrons. The highest BCUT2D eigenvalue weighted by atomic mass is 19.2. The van der Waals surface area contributed by atoms with Crippen molar-refractivity contribution in [3.63, 3.8) is 0 Å². The Morgan fingerprint density at radius 1 is 0.909 bits per heavy atom. The largest absolute Gasteiger partial charge is 0.419 e. The van der Waals surface area contributed by atoms with Gasteiger partial charge in [-0.25, -0.2) is 18.0 Å². The summed E-state index contributed by atoms with van der Waals surface area (Å²) in [6.45, 7) is 4.10. The number of carbonyl (C=O) groups is 1. The van der Waals surface area contributed by atoms with E-state index in [9.17, 15) is 26.7 Å². The lowest BCUT2D eigenvalue weighted by molar-refractivity contribution is -0.146. The fourth-order valence-corrected chi connectivity index (χ4v) is 2.30. The molecular weight excluding hydrogens is 309 g/mol. The van der Waals surface area contributed by atoms with Crippen molar-refractivity contribution in [2.45, 2.75) is 32.2 Å². The molecule has 1 aliphatic heterocycles. The molecule has 8 heteroatoms. The van der Waals surface area contributed by atoms with Gasteiger partial charge in [-0.05, 0) is 39.8 Å². The SMILES string of the molecule is CC(C)(C(=O)Oc1c(F)c(F)c(F)c(F)c1F)N1CCCC1. The van der Waals surface area contributed by atoms with Crippen LogP contribution in [0.3, 0.4) is 0 Å². The molecule has 22 heavy (non-hydrogen) atoms. The molecule has 1 heterocycles. The predicted molar refractivity (Wildman–Crippen MR) is 66.8 cm³/mol. The maximum atomic E-state index is 13.5. The normalized spacial score (nSPS) is 16.1. The quantitative estimate of drug-likeness (QED) is 0.281. The van der Waals surface area contributed by atoms with Crippen LogP contribution in [0, 0.1) is 29.1 Å². The molecule has 0 aromatic heterocycles. The van der Waals surface area contributed by atoms with Crippen molar-refractivity contribution >= 4 is 5.97 Å². The monoisotopic (exact) mass is 323 g/mol. The minimum atomic E-state index is -2.30. The van der Waals surface area contributed by atoms with Gasteiger partial charge in [0, 0.05) is 0 Å². The third-order valence-corrected chi connectivity index (χ3v) is 3.76. The summed E-state index contributed by atoms with van der Waals surface area (Å²) in [5, 5.41) is 0. The Bertz CT molecular complexity index is 583. The van der Waals surface area contributed by atoms with Crippen LogP contribution in [0.2, 0.25) is 0 Å². The van der Waals surface area contributed by atoms with Crippen LogP contribution < -0.4 is 4.74 Å². The number of hydrogen-bond acceptors (Lipinski definition) is 3. The second kappa shape index (κ2) is 5.83. The second-order valence-electron chi connectivity index (χ2n) is 5.54. The average Bonchev–Trinajstić information content (AvgIpc) is 3.02. The highest BCUT2D eigenvalue weighted by Crippen LogP contribution is 2.31. The van der Waals surface area contributed by atoms with E-state index in [0.29, 0.717) is 13.1 Å². The Morgan fingerprint density at radius 2 is 1.32 bits per heavy atom. The topological polar surface area (TPSA) is 29.5 Å². The van der Waals surface area contributed by atoms with Crippen molar-refractivity contribution < 1.29 is 31.5 Å². The minimum Gasteiger partial charge on any atom is -0.419 e. The molecular formula is C14H14F5NO2. The predicted octanol–water partition coefficient (Wildman–Crippen LogP) is 3.16. The van der Waals surface area contributed by atoms with Crippen LogP contribution in [-0.4, -0.2) is 29.5 Å². The molecule has 1 fully saturated rings. The number of likely N-dealkylation sites (tertiary alicyclic amines) is 1. The van der Waals surface area contributed by atoms with Gasteiger partial charge in [-0.2, -0.15) is 8.78 Å². The highest BCUT2D eigenvalue weighted by Gasteiger charge is 2.39. The summed E-state index contributed by atoms with van der Waals surface area (Å²) >= 11 is 0. The maximum absolute atomic E-state index is 13.5. The molecule has 0 atom stereocenters. The molecule has 0 spiro atoms. The molecule has 0 unspecified atom stereocenters. The lowest BCUT2D eigenvalue weighted by atomic mass is 10.0. The number of nitrogens with zero attached hydrogens (tertiary/aromatic N) is 1. The van der Waals surface area contributed by atoms with Gasteiger partial charge in [0.1, 0.15) is 5.54 Å². The van der Waals surface area contributed by atoms with Crippen LogP contribution in [-0.2, 0) is 4.79 Å². The van der Waals surface area contributed by atoms with Gasteiger partial charge in [0.05, 0.1) is 0 Å². The van der Waals surface area contributed by atoms with Gasteiger partial charge in [-0.1, -0.05) is 0 Å². The second-order valence-corrected chi connectivity index (χ2v) is 5.54. The van der Waals surface area contributed by atoms with Crippen LogP contribution in [0.15, 0.2) is 0 Å². The standard InChI is InChI=1S/C14H14F5NO2/c1-14(2,20-5-3-4-6-20)13(21)22-12-10(18)8(16)7(15)9(17)11(12)19/h3-6H2,1-2H3. The van der Waals surface area contributed by atoms with E-state index in [4.69, 9.17) is 0 Å². The van der Waals surface area contributed by atoms with Gasteiger partial charge in [-0.3, -0.25) is 4.90 Å². The summed E-state index contributed by atoms with van der Waals surface area (Å²) < 4.78 is 70.6. The van der Waals surface area contributed by atoms with E-state index in [1.54, 1.807) is 4.90 Å². The Labute approximate surface area is 123 Å². The van der Waals surface area contributed by atoms with Crippen LogP contribution in [0.25, 0.3) is 0 Å². The van der Waals surface area contributed by atoms with Gasteiger partial charge >= 0.3 is 5.97 Å². The van der Waals surface area contributed by atoms with Gasteiger partial charge in [0.2, 0.25) is 34.8 Å². The summed E-state index contributed by atoms with van der Waals surface area (Å²) in [4.78, 5) is 13.8. The molecule has 1 aromatic rings. The molecule has 0 saturated carbocycles. The van der Waals surface area contributed by atoms with E-state index in [2.05, 4.69) is 4.74 Å². The van der Waals surface area contributed by atoms with E-state index in [-0.39, 0.29) is 0 Å². The molecule has 0 N–H and O–H groups in total. The number of benzene rings is 1. The molecule has 0 amide bonds. The van der Waals surface area contributed by atoms with E-state index >= 15 is 0 Å². The van der Waals surface area contributed by atoms with Crippen molar-refractivity contribution in [3.8, 4) is 5.75 Å². The summed E-state index contributed by atoms with van der Waals surface area (Å²) in [6, 6.07) is 0.